The first kappa shape index (κ1) is 27.3. The highest BCUT2D eigenvalue weighted by Gasteiger charge is 2.25. The molecule has 212 valence electrons. The number of rotatable bonds is 7. The van der Waals surface area contributed by atoms with E-state index in [0.29, 0.717) is 35.8 Å². The highest BCUT2D eigenvalue weighted by Crippen LogP contribution is 2.41. The van der Waals surface area contributed by atoms with Crippen LogP contribution in [0, 0.1) is 6.92 Å². The Labute approximate surface area is 248 Å². The molecule has 42 heavy (non-hydrogen) atoms. The largest absolute Gasteiger partial charge is 0.506 e. The Hall–Kier alpha value is -4.84. The molecular formula is C36H37N5O. The van der Waals surface area contributed by atoms with Gasteiger partial charge in [-0.3, -0.25) is 0 Å². The molecule has 6 heteroatoms. The maximum atomic E-state index is 10.3. The number of hydrogen-bond acceptors (Lipinski definition) is 5. The number of phenolic OH excluding ortho intramolecular Hbond substituents is 1. The van der Waals surface area contributed by atoms with E-state index in [9.17, 15) is 5.11 Å². The predicted octanol–water partition coefficient (Wildman–Crippen LogP) is 8.62. The fourth-order valence-corrected chi connectivity index (χ4v) is 5.63. The second-order valence-electron chi connectivity index (χ2n) is 11.5. The SMILES string of the molecule is Cc1nc(-c2cccc(N3C=CN(c4c(C(C)C)cc(-c5ccccc5)cc4C(C)C)C3)c2)nn1-c1ccccc1O. The summed E-state index contributed by atoms with van der Waals surface area (Å²) in [5.41, 5.74) is 9.14. The molecule has 2 heterocycles. The van der Waals surface area contributed by atoms with Crippen molar-refractivity contribution in [2.45, 2.75) is 46.5 Å². The summed E-state index contributed by atoms with van der Waals surface area (Å²) < 4.78 is 1.69. The van der Waals surface area contributed by atoms with Crippen LogP contribution in [0.3, 0.4) is 0 Å². The van der Waals surface area contributed by atoms with Crippen molar-refractivity contribution in [1.29, 1.82) is 0 Å². The highest BCUT2D eigenvalue weighted by atomic mass is 16.3. The van der Waals surface area contributed by atoms with Gasteiger partial charge >= 0.3 is 0 Å². The van der Waals surface area contributed by atoms with Gasteiger partial charge in [0.1, 0.15) is 17.3 Å². The van der Waals surface area contributed by atoms with E-state index in [2.05, 4.69) is 104 Å². The minimum Gasteiger partial charge on any atom is -0.506 e. The van der Waals surface area contributed by atoms with Crippen LogP contribution in [-0.2, 0) is 0 Å². The van der Waals surface area contributed by atoms with Gasteiger partial charge in [-0.1, -0.05) is 82.3 Å². The van der Waals surface area contributed by atoms with E-state index >= 15 is 0 Å². The molecule has 1 N–H and O–H groups in total. The van der Waals surface area contributed by atoms with E-state index in [4.69, 9.17) is 10.1 Å². The number of aromatic hydroxyl groups is 1. The molecule has 1 aromatic heterocycles. The summed E-state index contributed by atoms with van der Waals surface area (Å²) in [6, 6.07) is 30.9. The van der Waals surface area contributed by atoms with Crippen molar-refractivity contribution < 1.29 is 5.11 Å². The molecule has 0 saturated heterocycles. The van der Waals surface area contributed by atoms with Crippen LogP contribution in [-0.4, -0.2) is 26.5 Å². The van der Waals surface area contributed by atoms with Gasteiger partial charge in [0.15, 0.2) is 5.82 Å². The molecule has 0 bridgehead atoms. The lowest BCUT2D eigenvalue weighted by Crippen LogP contribution is -2.26. The monoisotopic (exact) mass is 555 g/mol. The third-order valence-corrected chi connectivity index (χ3v) is 7.85. The second-order valence-corrected chi connectivity index (χ2v) is 11.5. The molecule has 0 radical (unpaired) electrons. The summed E-state index contributed by atoms with van der Waals surface area (Å²) in [5, 5.41) is 15.1. The van der Waals surface area contributed by atoms with Crippen LogP contribution in [0.2, 0.25) is 0 Å². The number of nitrogens with zero attached hydrogens (tertiary/aromatic N) is 5. The molecule has 1 aliphatic rings. The lowest BCUT2D eigenvalue weighted by Gasteiger charge is -2.29. The third-order valence-electron chi connectivity index (χ3n) is 7.85. The van der Waals surface area contributed by atoms with Gasteiger partial charge in [-0.2, -0.15) is 0 Å². The Bertz CT molecular complexity index is 1720. The molecule has 0 saturated carbocycles. The first-order chi connectivity index (χ1) is 20.3. The minimum absolute atomic E-state index is 0.173. The van der Waals surface area contributed by atoms with Crippen molar-refractivity contribution in [3.8, 4) is 34.0 Å². The number of para-hydroxylation sites is 2. The highest BCUT2D eigenvalue weighted by molar-refractivity contribution is 5.76. The van der Waals surface area contributed by atoms with Crippen LogP contribution < -0.4 is 9.80 Å². The number of aromatic nitrogens is 3. The van der Waals surface area contributed by atoms with Gasteiger partial charge in [0.05, 0.1) is 6.67 Å². The predicted molar refractivity (Wildman–Crippen MR) is 172 cm³/mol. The molecule has 0 aliphatic carbocycles. The number of benzene rings is 4. The van der Waals surface area contributed by atoms with Crippen LogP contribution in [0.25, 0.3) is 28.2 Å². The average Bonchev–Trinajstić information content (AvgIpc) is 3.64. The topological polar surface area (TPSA) is 57.4 Å². The molecule has 0 fully saturated rings. The van der Waals surface area contributed by atoms with E-state index in [1.807, 2.05) is 31.2 Å². The standard InChI is InChI=1S/C36H37N5O/c1-24(2)31-21-29(27-12-7-6-8-13-27)22-32(25(3)4)35(31)40-19-18-39(23-40)30-15-11-14-28(20-30)36-37-26(5)41(38-36)33-16-9-10-17-34(33)42/h6-22,24-25,42H,23H2,1-5H3. The van der Waals surface area contributed by atoms with Gasteiger partial charge in [0.2, 0.25) is 0 Å². The molecule has 1 aliphatic heterocycles. The fraction of sp³-hybridized carbons (Fsp3) is 0.222. The zero-order valence-corrected chi connectivity index (χ0v) is 24.9. The van der Waals surface area contributed by atoms with Gasteiger partial charge in [0, 0.05) is 29.3 Å². The van der Waals surface area contributed by atoms with Gasteiger partial charge < -0.3 is 14.9 Å². The Kier molecular flexibility index (Phi) is 7.29. The molecule has 0 atom stereocenters. The molecule has 4 aromatic carbocycles. The summed E-state index contributed by atoms with van der Waals surface area (Å²) >= 11 is 0. The number of aryl methyl sites for hydroxylation is 1. The third kappa shape index (κ3) is 5.16. The van der Waals surface area contributed by atoms with Crippen LogP contribution >= 0.6 is 0 Å². The lowest BCUT2D eigenvalue weighted by atomic mass is 9.88. The summed E-state index contributed by atoms with van der Waals surface area (Å²) in [5.74, 6) is 2.26. The molecule has 0 amide bonds. The fourth-order valence-electron chi connectivity index (χ4n) is 5.63. The lowest BCUT2D eigenvalue weighted by molar-refractivity contribution is 0.470. The minimum atomic E-state index is 0.173. The van der Waals surface area contributed by atoms with Gasteiger partial charge in [0.25, 0.3) is 0 Å². The molecular weight excluding hydrogens is 518 g/mol. The van der Waals surface area contributed by atoms with E-state index in [1.165, 1.54) is 27.9 Å². The quantitative estimate of drug-likeness (QED) is 0.218. The second kappa shape index (κ2) is 11.2. The van der Waals surface area contributed by atoms with Crippen molar-refractivity contribution in [3.05, 3.63) is 120 Å². The smallest absolute Gasteiger partial charge is 0.181 e. The van der Waals surface area contributed by atoms with Crippen molar-refractivity contribution in [3.63, 3.8) is 0 Å². The Balaban J connectivity index is 1.31. The number of hydrogen-bond donors (Lipinski definition) is 1. The number of phenols is 1. The Morgan fingerprint density at radius 1 is 0.690 bits per heavy atom. The zero-order chi connectivity index (χ0) is 29.4. The summed E-state index contributed by atoms with van der Waals surface area (Å²) in [6.07, 6.45) is 4.34. The van der Waals surface area contributed by atoms with Crippen LogP contribution in [0.15, 0.2) is 103 Å². The summed E-state index contributed by atoms with van der Waals surface area (Å²) in [6.45, 7) is 11.7. The van der Waals surface area contributed by atoms with E-state index < -0.39 is 0 Å². The Morgan fingerprint density at radius 2 is 1.33 bits per heavy atom. The molecule has 5 aromatic rings. The molecule has 0 spiro atoms. The van der Waals surface area contributed by atoms with Crippen molar-refractivity contribution in [2.75, 3.05) is 16.5 Å². The van der Waals surface area contributed by atoms with E-state index in [1.54, 1.807) is 16.8 Å². The molecule has 0 unspecified atom stereocenters. The zero-order valence-electron chi connectivity index (χ0n) is 24.9. The molecule has 6 nitrogen and oxygen atoms in total. The average molecular weight is 556 g/mol. The van der Waals surface area contributed by atoms with Crippen LogP contribution in [0.5, 0.6) is 5.75 Å². The van der Waals surface area contributed by atoms with E-state index in [-0.39, 0.29) is 5.75 Å². The summed E-state index contributed by atoms with van der Waals surface area (Å²) in [4.78, 5) is 9.35. The summed E-state index contributed by atoms with van der Waals surface area (Å²) in [7, 11) is 0. The maximum absolute atomic E-state index is 10.3. The van der Waals surface area contributed by atoms with Crippen LogP contribution in [0.1, 0.15) is 56.5 Å². The number of anilines is 2. The molecule has 6 rings (SSSR count). The first-order valence-corrected chi connectivity index (χ1v) is 14.6. The maximum Gasteiger partial charge on any atom is 0.181 e. The van der Waals surface area contributed by atoms with Crippen molar-refractivity contribution >= 4 is 11.4 Å². The first-order valence-electron chi connectivity index (χ1n) is 14.6. The Morgan fingerprint density at radius 3 is 2.02 bits per heavy atom. The van der Waals surface area contributed by atoms with Gasteiger partial charge in [-0.25, -0.2) is 9.67 Å². The van der Waals surface area contributed by atoms with Crippen LogP contribution in [0.4, 0.5) is 11.4 Å². The van der Waals surface area contributed by atoms with E-state index in [0.717, 1.165) is 11.3 Å². The van der Waals surface area contributed by atoms with Gasteiger partial charge in [-0.15, -0.1) is 5.10 Å². The van der Waals surface area contributed by atoms with Gasteiger partial charge in [-0.05, 0) is 77.4 Å². The van der Waals surface area contributed by atoms with Crippen molar-refractivity contribution in [1.82, 2.24) is 14.8 Å². The normalized spacial score (nSPS) is 13.1. The van der Waals surface area contributed by atoms with Crippen molar-refractivity contribution in [2.24, 2.45) is 0 Å².